The molecule has 18 heavy (non-hydrogen) atoms. The molecular weight excluding hydrogens is 226 g/mol. The first kappa shape index (κ1) is 12.9. The van der Waals surface area contributed by atoms with Crippen molar-refractivity contribution in [3.05, 3.63) is 29.3 Å². The van der Waals surface area contributed by atoms with Crippen molar-refractivity contribution in [3.63, 3.8) is 0 Å². The first-order valence-electron chi connectivity index (χ1n) is 6.26. The normalized spacial score (nSPS) is 20.4. The highest BCUT2D eigenvalue weighted by Crippen LogP contribution is 2.22. The van der Waals surface area contributed by atoms with Gasteiger partial charge < -0.3 is 10.1 Å². The Morgan fingerprint density at radius 1 is 1.56 bits per heavy atom. The number of benzene rings is 1. The molecule has 4 nitrogen and oxygen atoms in total. The molecule has 1 aromatic rings. The van der Waals surface area contributed by atoms with Crippen molar-refractivity contribution in [3.8, 4) is 11.8 Å². The Balaban J connectivity index is 2.18. The van der Waals surface area contributed by atoms with Crippen LogP contribution >= 0.6 is 0 Å². The Labute approximate surface area is 108 Å². The van der Waals surface area contributed by atoms with E-state index in [-0.39, 0.29) is 0 Å². The summed E-state index contributed by atoms with van der Waals surface area (Å²) in [5.74, 6) is 0.861. The summed E-state index contributed by atoms with van der Waals surface area (Å²) in [6.45, 7) is 6.11. The van der Waals surface area contributed by atoms with Crippen molar-refractivity contribution >= 4 is 0 Å². The van der Waals surface area contributed by atoms with Crippen molar-refractivity contribution < 1.29 is 4.74 Å². The molecule has 1 aliphatic rings. The minimum absolute atomic E-state index is 0.509. The molecule has 1 aromatic carbocycles. The minimum atomic E-state index is 0.509. The first-order chi connectivity index (χ1) is 8.74. The van der Waals surface area contributed by atoms with E-state index in [4.69, 9.17) is 10.00 Å². The third kappa shape index (κ3) is 2.81. The molecule has 0 bridgehead atoms. The fourth-order valence-electron chi connectivity index (χ4n) is 2.31. The van der Waals surface area contributed by atoms with Gasteiger partial charge in [0.2, 0.25) is 0 Å². The summed E-state index contributed by atoms with van der Waals surface area (Å²) >= 11 is 0. The fraction of sp³-hybridized carbons (Fsp3) is 0.500. The van der Waals surface area contributed by atoms with Crippen molar-refractivity contribution in [2.45, 2.75) is 19.5 Å². The molecule has 1 saturated heterocycles. The lowest BCUT2D eigenvalue weighted by atomic mass is 10.1. The molecule has 0 saturated carbocycles. The Morgan fingerprint density at radius 2 is 2.39 bits per heavy atom. The highest BCUT2D eigenvalue weighted by atomic mass is 16.5. The highest BCUT2D eigenvalue weighted by molar-refractivity contribution is 5.42. The number of nitrogens with one attached hydrogen (secondary N) is 1. The van der Waals surface area contributed by atoms with Crippen LogP contribution < -0.4 is 10.1 Å². The molecular formula is C14H19N3O. The monoisotopic (exact) mass is 245 g/mol. The van der Waals surface area contributed by atoms with Crippen LogP contribution in [-0.2, 0) is 6.54 Å². The van der Waals surface area contributed by atoms with E-state index in [1.54, 1.807) is 13.2 Å². The van der Waals surface area contributed by atoms with Crippen molar-refractivity contribution in [1.82, 2.24) is 10.2 Å². The van der Waals surface area contributed by atoms with Gasteiger partial charge in [-0.25, -0.2) is 0 Å². The summed E-state index contributed by atoms with van der Waals surface area (Å²) < 4.78 is 5.37. The number of rotatable bonds is 3. The summed E-state index contributed by atoms with van der Waals surface area (Å²) in [7, 11) is 1.67. The first-order valence-corrected chi connectivity index (χ1v) is 6.26. The van der Waals surface area contributed by atoms with Gasteiger partial charge in [-0.1, -0.05) is 0 Å². The van der Waals surface area contributed by atoms with Crippen LogP contribution in [0, 0.1) is 11.3 Å². The maximum absolute atomic E-state index is 8.97. The molecule has 1 aliphatic heterocycles. The Hall–Kier alpha value is -1.57. The number of ether oxygens (including phenoxy) is 1. The van der Waals surface area contributed by atoms with Gasteiger partial charge in [-0.15, -0.1) is 0 Å². The second-order valence-electron chi connectivity index (χ2n) is 4.66. The van der Waals surface area contributed by atoms with Crippen molar-refractivity contribution in [1.29, 1.82) is 5.26 Å². The largest absolute Gasteiger partial charge is 0.496 e. The molecule has 1 heterocycles. The van der Waals surface area contributed by atoms with Crippen LogP contribution in [0.15, 0.2) is 18.2 Å². The lowest BCUT2D eigenvalue weighted by Gasteiger charge is -2.34. The van der Waals surface area contributed by atoms with Crippen LogP contribution in [0.25, 0.3) is 0 Å². The second kappa shape index (κ2) is 5.85. The molecule has 96 valence electrons. The molecule has 0 radical (unpaired) electrons. The van der Waals surface area contributed by atoms with Crippen LogP contribution in [0.2, 0.25) is 0 Å². The quantitative estimate of drug-likeness (QED) is 0.873. The molecule has 0 amide bonds. The minimum Gasteiger partial charge on any atom is -0.496 e. The zero-order valence-corrected chi connectivity index (χ0v) is 10.9. The van der Waals surface area contributed by atoms with Gasteiger partial charge in [0.05, 0.1) is 18.7 Å². The summed E-state index contributed by atoms with van der Waals surface area (Å²) in [5, 5.41) is 12.3. The number of piperazine rings is 1. The fourth-order valence-corrected chi connectivity index (χ4v) is 2.31. The zero-order valence-electron chi connectivity index (χ0n) is 10.9. The van der Waals surface area contributed by atoms with Gasteiger partial charge in [0.15, 0.2) is 0 Å². The summed E-state index contributed by atoms with van der Waals surface area (Å²) in [4.78, 5) is 2.41. The number of hydrogen-bond donors (Lipinski definition) is 1. The Bertz CT molecular complexity index is 453. The molecule has 0 spiro atoms. The van der Waals surface area contributed by atoms with Crippen molar-refractivity contribution in [2.75, 3.05) is 26.7 Å². The van der Waals surface area contributed by atoms with E-state index >= 15 is 0 Å². The topological polar surface area (TPSA) is 48.3 Å². The van der Waals surface area contributed by atoms with Gasteiger partial charge >= 0.3 is 0 Å². The van der Waals surface area contributed by atoms with Gasteiger partial charge in [-0.3, -0.25) is 4.90 Å². The summed E-state index contributed by atoms with van der Waals surface area (Å²) in [6.07, 6.45) is 0. The molecule has 1 atom stereocenters. The van der Waals surface area contributed by atoms with Crippen LogP contribution in [0.4, 0.5) is 0 Å². The molecule has 0 aliphatic carbocycles. The zero-order chi connectivity index (χ0) is 13.0. The van der Waals surface area contributed by atoms with E-state index < -0.39 is 0 Å². The van der Waals surface area contributed by atoms with Gasteiger partial charge in [0.25, 0.3) is 0 Å². The van der Waals surface area contributed by atoms with Crippen LogP contribution in [0.1, 0.15) is 18.1 Å². The maximum atomic E-state index is 8.97. The van der Waals surface area contributed by atoms with E-state index in [1.807, 2.05) is 12.1 Å². The number of nitriles is 1. The Kier molecular flexibility index (Phi) is 4.19. The summed E-state index contributed by atoms with van der Waals surface area (Å²) in [6, 6.07) is 8.28. The van der Waals surface area contributed by atoms with Crippen LogP contribution in [0.3, 0.4) is 0 Å². The van der Waals surface area contributed by atoms with E-state index in [2.05, 4.69) is 23.2 Å². The molecule has 0 unspecified atom stereocenters. The Morgan fingerprint density at radius 3 is 3.06 bits per heavy atom. The smallest absolute Gasteiger partial charge is 0.123 e. The van der Waals surface area contributed by atoms with Gasteiger partial charge in [-0.05, 0) is 25.1 Å². The second-order valence-corrected chi connectivity index (χ2v) is 4.66. The lowest BCUT2D eigenvalue weighted by molar-refractivity contribution is 0.164. The predicted molar refractivity (Wildman–Crippen MR) is 70.5 cm³/mol. The average molecular weight is 245 g/mol. The SMILES string of the molecule is COc1ccc(C#N)cc1CN1CCNC[C@@H]1C. The van der Waals surface area contributed by atoms with Gasteiger partial charge in [0, 0.05) is 37.8 Å². The summed E-state index contributed by atoms with van der Waals surface area (Å²) in [5.41, 5.74) is 1.78. The molecule has 0 aromatic heterocycles. The van der Waals surface area contributed by atoms with E-state index in [1.165, 1.54) is 0 Å². The molecule has 1 N–H and O–H groups in total. The number of nitrogens with zero attached hydrogens (tertiary/aromatic N) is 2. The van der Waals surface area contributed by atoms with Crippen LogP contribution in [-0.4, -0.2) is 37.7 Å². The maximum Gasteiger partial charge on any atom is 0.123 e. The number of hydrogen-bond acceptors (Lipinski definition) is 4. The van der Waals surface area contributed by atoms with E-state index in [0.717, 1.165) is 37.5 Å². The third-order valence-corrected chi connectivity index (χ3v) is 3.42. The average Bonchev–Trinajstić information content (AvgIpc) is 2.41. The van der Waals surface area contributed by atoms with Gasteiger partial charge in [0.1, 0.15) is 5.75 Å². The van der Waals surface area contributed by atoms with Crippen molar-refractivity contribution in [2.24, 2.45) is 0 Å². The van der Waals surface area contributed by atoms with E-state index in [0.29, 0.717) is 11.6 Å². The predicted octanol–water partition coefficient (Wildman–Crippen LogP) is 1.36. The van der Waals surface area contributed by atoms with E-state index in [9.17, 15) is 0 Å². The third-order valence-electron chi connectivity index (χ3n) is 3.42. The number of methoxy groups -OCH3 is 1. The van der Waals surface area contributed by atoms with Crippen LogP contribution in [0.5, 0.6) is 5.75 Å². The molecule has 1 fully saturated rings. The standard InChI is InChI=1S/C14H19N3O/c1-11-9-16-5-6-17(11)10-13-7-12(8-15)3-4-14(13)18-2/h3-4,7,11,16H,5-6,9-10H2,1-2H3/t11-/m0/s1. The highest BCUT2D eigenvalue weighted by Gasteiger charge is 2.19. The molecule has 2 rings (SSSR count). The van der Waals surface area contributed by atoms with Gasteiger partial charge in [-0.2, -0.15) is 5.26 Å². The lowest BCUT2D eigenvalue weighted by Crippen LogP contribution is -2.49. The molecule has 4 heteroatoms.